The third kappa shape index (κ3) is 3.96. The van der Waals surface area contributed by atoms with Crippen LogP contribution in [0.3, 0.4) is 0 Å². The van der Waals surface area contributed by atoms with Crippen LogP contribution in [0.4, 0.5) is 0 Å². The Labute approximate surface area is 108 Å². The van der Waals surface area contributed by atoms with E-state index >= 15 is 0 Å². The van der Waals surface area contributed by atoms with Crippen LogP contribution in [-0.2, 0) is 4.79 Å². The molecule has 0 aliphatic rings. The molecule has 0 atom stereocenters. The molecular formula is C14H20N2O2. The molecule has 0 saturated heterocycles. The maximum Gasteiger partial charge on any atom is 0.233 e. The highest BCUT2D eigenvalue weighted by atomic mass is 16.2. The summed E-state index contributed by atoms with van der Waals surface area (Å²) in [6.45, 7) is 5.06. The first-order valence-electron chi connectivity index (χ1n) is 6.10. The molecule has 1 aromatic rings. The van der Waals surface area contributed by atoms with Gasteiger partial charge < -0.3 is 5.32 Å². The zero-order valence-electron chi connectivity index (χ0n) is 11.2. The predicted molar refractivity (Wildman–Crippen MR) is 71.7 cm³/mol. The molecule has 1 amide bonds. The van der Waals surface area contributed by atoms with Crippen LogP contribution in [0, 0.1) is 6.92 Å². The first-order valence-corrected chi connectivity index (χ1v) is 6.10. The molecule has 1 aromatic carbocycles. The first-order chi connectivity index (χ1) is 8.58. The number of likely N-dealkylation sites (N-methyl/N-ethyl adjacent to an activating group) is 2. The highest BCUT2D eigenvalue weighted by molar-refractivity contribution is 5.99. The normalized spacial score (nSPS) is 10.4. The second-order valence-electron chi connectivity index (χ2n) is 4.21. The molecule has 1 rings (SSSR count). The van der Waals surface area contributed by atoms with Crippen LogP contribution in [0.2, 0.25) is 0 Å². The molecule has 4 heteroatoms. The first kappa shape index (κ1) is 14.4. The third-order valence-corrected chi connectivity index (χ3v) is 2.91. The Morgan fingerprint density at radius 3 is 2.44 bits per heavy atom. The summed E-state index contributed by atoms with van der Waals surface area (Å²) in [6.07, 6.45) is 0. The van der Waals surface area contributed by atoms with Gasteiger partial charge in [0, 0.05) is 12.6 Å². The van der Waals surface area contributed by atoms with E-state index in [1.807, 2.05) is 43.0 Å². The van der Waals surface area contributed by atoms with Gasteiger partial charge in [-0.15, -0.1) is 0 Å². The van der Waals surface area contributed by atoms with Gasteiger partial charge >= 0.3 is 0 Å². The SMILES string of the molecule is CCN(CC(=O)NC)CC(=O)c1ccccc1C. The van der Waals surface area contributed by atoms with Crippen LogP contribution in [-0.4, -0.2) is 43.3 Å². The van der Waals surface area contributed by atoms with Crippen molar-refractivity contribution in [2.75, 3.05) is 26.7 Å². The van der Waals surface area contributed by atoms with E-state index in [9.17, 15) is 9.59 Å². The summed E-state index contributed by atoms with van der Waals surface area (Å²) in [5.41, 5.74) is 1.70. The van der Waals surface area contributed by atoms with Crippen molar-refractivity contribution in [1.29, 1.82) is 0 Å². The van der Waals surface area contributed by atoms with Crippen LogP contribution in [0.15, 0.2) is 24.3 Å². The fraction of sp³-hybridized carbons (Fsp3) is 0.429. The summed E-state index contributed by atoms with van der Waals surface area (Å²) in [7, 11) is 1.60. The van der Waals surface area contributed by atoms with Crippen molar-refractivity contribution in [3.63, 3.8) is 0 Å². The van der Waals surface area contributed by atoms with Crippen LogP contribution in [0.1, 0.15) is 22.8 Å². The Morgan fingerprint density at radius 1 is 1.22 bits per heavy atom. The third-order valence-electron chi connectivity index (χ3n) is 2.91. The molecule has 18 heavy (non-hydrogen) atoms. The number of hydrogen-bond donors (Lipinski definition) is 1. The van der Waals surface area contributed by atoms with Gasteiger partial charge in [-0.2, -0.15) is 0 Å². The van der Waals surface area contributed by atoms with E-state index in [2.05, 4.69) is 5.32 Å². The number of nitrogens with one attached hydrogen (secondary N) is 1. The van der Waals surface area contributed by atoms with E-state index in [1.165, 1.54) is 0 Å². The highest BCUT2D eigenvalue weighted by Gasteiger charge is 2.14. The molecule has 98 valence electrons. The molecule has 0 unspecified atom stereocenters. The zero-order chi connectivity index (χ0) is 13.5. The van der Waals surface area contributed by atoms with Crippen molar-refractivity contribution >= 4 is 11.7 Å². The summed E-state index contributed by atoms with van der Waals surface area (Å²) < 4.78 is 0. The van der Waals surface area contributed by atoms with Crippen molar-refractivity contribution < 1.29 is 9.59 Å². The summed E-state index contributed by atoms with van der Waals surface area (Å²) in [5, 5.41) is 2.56. The number of aryl methyl sites for hydroxylation is 1. The average molecular weight is 248 g/mol. The number of amides is 1. The van der Waals surface area contributed by atoms with Gasteiger partial charge in [0.25, 0.3) is 0 Å². The zero-order valence-corrected chi connectivity index (χ0v) is 11.2. The van der Waals surface area contributed by atoms with E-state index in [-0.39, 0.29) is 24.8 Å². The van der Waals surface area contributed by atoms with Crippen LogP contribution < -0.4 is 5.32 Å². The van der Waals surface area contributed by atoms with E-state index in [4.69, 9.17) is 0 Å². The van der Waals surface area contributed by atoms with Crippen molar-refractivity contribution in [3.05, 3.63) is 35.4 Å². The lowest BCUT2D eigenvalue weighted by atomic mass is 10.0. The number of ketones is 1. The standard InChI is InChI=1S/C14H20N2O2/c1-4-16(10-14(18)15-3)9-13(17)12-8-6-5-7-11(12)2/h5-8H,4,9-10H2,1-3H3,(H,15,18). The topological polar surface area (TPSA) is 49.4 Å². The van der Waals surface area contributed by atoms with E-state index in [0.717, 1.165) is 11.1 Å². The van der Waals surface area contributed by atoms with Gasteiger partial charge in [-0.1, -0.05) is 31.2 Å². The lowest BCUT2D eigenvalue weighted by Gasteiger charge is -2.18. The molecule has 4 nitrogen and oxygen atoms in total. The number of rotatable bonds is 6. The summed E-state index contributed by atoms with van der Waals surface area (Å²) in [4.78, 5) is 25.3. The number of carbonyl (C=O) groups is 2. The highest BCUT2D eigenvalue weighted by Crippen LogP contribution is 2.08. The lowest BCUT2D eigenvalue weighted by Crippen LogP contribution is -2.38. The Morgan fingerprint density at radius 2 is 1.89 bits per heavy atom. The van der Waals surface area contributed by atoms with Crippen LogP contribution >= 0.6 is 0 Å². The average Bonchev–Trinajstić information content (AvgIpc) is 2.38. The van der Waals surface area contributed by atoms with Crippen LogP contribution in [0.25, 0.3) is 0 Å². The largest absolute Gasteiger partial charge is 0.358 e. The second kappa shape index (κ2) is 6.91. The molecule has 0 spiro atoms. The fourth-order valence-corrected chi connectivity index (χ4v) is 1.74. The van der Waals surface area contributed by atoms with Crippen molar-refractivity contribution in [2.24, 2.45) is 0 Å². The number of benzene rings is 1. The minimum Gasteiger partial charge on any atom is -0.358 e. The van der Waals surface area contributed by atoms with E-state index < -0.39 is 0 Å². The molecule has 0 aromatic heterocycles. The maximum absolute atomic E-state index is 12.1. The Balaban J connectivity index is 2.68. The molecule has 0 aliphatic heterocycles. The van der Waals surface area contributed by atoms with Gasteiger partial charge in [-0.25, -0.2) is 0 Å². The maximum atomic E-state index is 12.1. The van der Waals surface area contributed by atoms with Crippen molar-refractivity contribution in [1.82, 2.24) is 10.2 Å². The molecule has 0 aliphatic carbocycles. The van der Waals surface area contributed by atoms with Gasteiger partial charge in [0.2, 0.25) is 5.91 Å². The molecular weight excluding hydrogens is 228 g/mol. The number of hydrogen-bond acceptors (Lipinski definition) is 3. The Kier molecular flexibility index (Phi) is 5.52. The molecule has 1 N–H and O–H groups in total. The second-order valence-corrected chi connectivity index (χ2v) is 4.21. The lowest BCUT2D eigenvalue weighted by molar-refractivity contribution is -0.121. The quantitative estimate of drug-likeness (QED) is 0.771. The van der Waals surface area contributed by atoms with E-state index in [0.29, 0.717) is 6.54 Å². The smallest absolute Gasteiger partial charge is 0.233 e. The minimum absolute atomic E-state index is 0.0545. The Hall–Kier alpha value is -1.68. The van der Waals surface area contributed by atoms with Gasteiger partial charge in [0.15, 0.2) is 5.78 Å². The van der Waals surface area contributed by atoms with E-state index in [1.54, 1.807) is 7.05 Å². The Bertz CT molecular complexity index is 430. The van der Waals surface area contributed by atoms with Crippen molar-refractivity contribution in [2.45, 2.75) is 13.8 Å². The molecule has 0 fully saturated rings. The van der Waals surface area contributed by atoms with Gasteiger partial charge in [0.1, 0.15) is 0 Å². The summed E-state index contributed by atoms with van der Waals surface area (Å²) in [6, 6.07) is 7.51. The molecule has 0 heterocycles. The van der Waals surface area contributed by atoms with Gasteiger partial charge in [-0.3, -0.25) is 14.5 Å². The van der Waals surface area contributed by atoms with Crippen molar-refractivity contribution in [3.8, 4) is 0 Å². The number of nitrogens with zero attached hydrogens (tertiary/aromatic N) is 1. The molecule has 0 radical (unpaired) electrons. The fourth-order valence-electron chi connectivity index (χ4n) is 1.74. The van der Waals surface area contributed by atoms with Crippen LogP contribution in [0.5, 0.6) is 0 Å². The van der Waals surface area contributed by atoms with Gasteiger partial charge in [-0.05, 0) is 19.0 Å². The number of Topliss-reactive ketones (excluding diaryl/α,β-unsaturated/α-hetero) is 1. The summed E-state index contributed by atoms with van der Waals surface area (Å²) >= 11 is 0. The minimum atomic E-state index is -0.0746. The monoisotopic (exact) mass is 248 g/mol. The number of carbonyl (C=O) groups excluding carboxylic acids is 2. The molecule has 0 bridgehead atoms. The summed E-state index contributed by atoms with van der Waals surface area (Å²) in [5.74, 6) is -0.0201. The predicted octanol–water partition coefficient (Wildman–Crippen LogP) is 1.25. The molecule has 0 saturated carbocycles. The van der Waals surface area contributed by atoms with Gasteiger partial charge in [0.05, 0.1) is 13.1 Å².